The standard InChI is InChI=1S/C13H21NO/c1-6-9(2)7-12-11(4)13(15-5)10(3)8-14-12/h8-9H,6-7H2,1-5H3. The van der Waals surface area contributed by atoms with Crippen LogP contribution in [-0.4, -0.2) is 12.1 Å². The Morgan fingerprint density at radius 3 is 2.60 bits per heavy atom. The molecular formula is C13H21NO. The van der Waals surface area contributed by atoms with Crippen LogP contribution in [0.3, 0.4) is 0 Å². The van der Waals surface area contributed by atoms with Crippen molar-refractivity contribution in [2.45, 2.75) is 40.5 Å². The molecule has 0 aliphatic rings. The minimum absolute atomic E-state index is 0.684. The molecule has 84 valence electrons. The first-order valence-electron chi connectivity index (χ1n) is 5.59. The van der Waals surface area contributed by atoms with E-state index >= 15 is 0 Å². The number of aromatic nitrogens is 1. The first kappa shape index (κ1) is 12.0. The summed E-state index contributed by atoms with van der Waals surface area (Å²) >= 11 is 0. The van der Waals surface area contributed by atoms with E-state index in [4.69, 9.17) is 4.74 Å². The van der Waals surface area contributed by atoms with Crippen LogP contribution in [0.4, 0.5) is 0 Å². The fourth-order valence-electron chi connectivity index (χ4n) is 1.75. The van der Waals surface area contributed by atoms with Crippen molar-refractivity contribution in [3.05, 3.63) is 23.0 Å². The molecule has 2 nitrogen and oxygen atoms in total. The van der Waals surface area contributed by atoms with Gasteiger partial charge in [-0.25, -0.2) is 0 Å². The van der Waals surface area contributed by atoms with Crippen LogP contribution in [0.25, 0.3) is 0 Å². The third kappa shape index (κ3) is 2.71. The molecule has 1 rings (SSSR count). The van der Waals surface area contributed by atoms with Crippen molar-refractivity contribution in [2.24, 2.45) is 5.92 Å². The van der Waals surface area contributed by atoms with Crippen molar-refractivity contribution in [3.63, 3.8) is 0 Å². The summed E-state index contributed by atoms with van der Waals surface area (Å²) in [5, 5.41) is 0. The van der Waals surface area contributed by atoms with E-state index in [2.05, 4.69) is 25.8 Å². The average Bonchev–Trinajstić information content (AvgIpc) is 2.23. The summed E-state index contributed by atoms with van der Waals surface area (Å²) in [5.41, 5.74) is 3.48. The first-order chi connectivity index (χ1) is 7.10. The molecule has 0 aliphatic carbocycles. The number of ether oxygens (including phenoxy) is 1. The van der Waals surface area contributed by atoms with E-state index in [1.165, 1.54) is 17.7 Å². The second-order valence-electron chi connectivity index (χ2n) is 4.26. The van der Waals surface area contributed by atoms with E-state index < -0.39 is 0 Å². The highest BCUT2D eigenvalue weighted by atomic mass is 16.5. The number of pyridine rings is 1. The Hall–Kier alpha value is -1.05. The van der Waals surface area contributed by atoms with Crippen molar-refractivity contribution in [1.29, 1.82) is 0 Å². The van der Waals surface area contributed by atoms with Gasteiger partial charge in [-0.1, -0.05) is 20.3 Å². The third-order valence-electron chi connectivity index (χ3n) is 2.99. The SMILES string of the molecule is CCC(C)Cc1ncc(C)c(OC)c1C. The van der Waals surface area contributed by atoms with Crippen molar-refractivity contribution < 1.29 is 4.74 Å². The zero-order valence-corrected chi connectivity index (χ0v) is 10.4. The van der Waals surface area contributed by atoms with Crippen LogP contribution in [0.2, 0.25) is 0 Å². The van der Waals surface area contributed by atoms with Crippen molar-refractivity contribution in [3.8, 4) is 5.75 Å². The third-order valence-corrected chi connectivity index (χ3v) is 2.99. The van der Waals surface area contributed by atoms with Gasteiger partial charge in [0.1, 0.15) is 5.75 Å². The summed E-state index contributed by atoms with van der Waals surface area (Å²) in [6, 6.07) is 0. The van der Waals surface area contributed by atoms with Crippen LogP contribution >= 0.6 is 0 Å². The van der Waals surface area contributed by atoms with Gasteiger partial charge in [-0.15, -0.1) is 0 Å². The van der Waals surface area contributed by atoms with E-state index in [-0.39, 0.29) is 0 Å². The van der Waals surface area contributed by atoms with Gasteiger partial charge < -0.3 is 4.74 Å². The monoisotopic (exact) mass is 207 g/mol. The highest BCUT2D eigenvalue weighted by molar-refractivity contribution is 5.41. The smallest absolute Gasteiger partial charge is 0.128 e. The summed E-state index contributed by atoms with van der Waals surface area (Å²) in [6.07, 6.45) is 4.14. The molecule has 1 aromatic rings. The van der Waals surface area contributed by atoms with Gasteiger partial charge in [-0.2, -0.15) is 0 Å². The predicted molar refractivity (Wildman–Crippen MR) is 63.4 cm³/mol. The molecule has 0 amide bonds. The highest BCUT2D eigenvalue weighted by Gasteiger charge is 2.11. The predicted octanol–water partition coefficient (Wildman–Crippen LogP) is 3.30. The van der Waals surface area contributed by atoms with E-state index in [9.17, 15) is 0 Å². The van der Waals surface area contributed by atoms with Gasteiger partial charge in [-0.3, -0.25) is 4.98 Å². The number of hydrogen-bond acceptors (Lipinski definition) is 2. The minimum atomic E-state index is 0.684. The second-order valence-corrected chi connectivity index (χ2v) is 4.26. The molecule has 1 atom stereocenters. The van der Waals surface area contributed by atoms with Gasteiger partial charge in [0.2, 0.25) is 0 Å². The maximum atomic E-state index is 5.39. The van der Waals surface area contributed by atoms with Crippen LogP contribution in [0.15, 0.2) is 6.20 Å². The van der Waals surface area contributed by atoms with Gasteiger partial charge in [0.05, 0.1) is 7.11 Å². The summed E-state index contributed by atoms with van der Waals surface area (Å²) in [6.45, 7) is 8.60. The van der Waals surface area contributed by atoms with Crippen molar-refractivity contribution in [1.82, 2.24) is 4.98 Å². The number of methoxy groups -OCH3 is 1. The maximum absolute atomic E-state index is 5.39. The van der Waals surface area contributed by atoms with E-state index in [0.717, 1.165) is 17.7 Å². The molecule has 0 N–H and O–H groups in total. The van der Waals surface area contributed by atoms with Crippen LogP contribution in [0, 0.1) is 19.8 Å². The van der Waals surface area contributed by atoms with Crippen LogP contribution in [0.5, 0.6) is 5.75 Å². The molecule has 0 radical (unpaired) electrons. The lowest BCUT2D eigenvalue weighted by Gasteiger charge is -2.14. The lowest BCUT2D eigenvalue weighted by atomic mass is 9.99. The maximum Gasteiger partial charge on any atom is 0.128 e. The topological polar surface area (TPSA) is 22.1 Å². The molecule has 0 bridgehead atoms. The van der Waals surface area contributed by atoms with Gasteiger partial charge in [0, 0.05) is 23.0 Å². The van der Waals surface area contributed by atoms with Gasteiger partial charge in [0.25, 0.3) is 0 Å². The van der Waals surface area contributed by atoms with Crippen LogP contribution in [-0.2, 0) is 6.42 Å². The zero-order chi connectivity index (χ0) is 11.4. The first-order valence-corrected chi connectivity index (χ1v) is 5.59. The van der Waals surface area contributed by atoms with Gasteiger partial charge in [0.15, 0.2) is 0 Å². The molecule has 0 spiro atoms. The number of hydrogen-bond donors (Lipinski definition) is 0. The van der Waals surface area contributed by atoms with E-state index in [0.29, 0.717) is 5.92 Å². The molecule has 1 heterocycles. The number of rotatable bonds is 4. The van der Waals surface area contributed by atoms with Crippen LogP contribution < -0.4 is 4.74 Å². The quantitative estimate of drug-likeness (QED) is 0.755. The Labute approximate surface area is 92.7 Å². The molecule has 2 heteroatoms. The van der Waals surface area contributed by atoms with Gasteiger partial charge in [-0.05, 0) is 26.2 Å². The summed E-state index contributed by atoms with van der Waals surface area (Å²) in [4.78, 5) is 4.49. The lowest BCUT2D eigenvalue weighted by molar-refractivity contribution is 0.406. The minimum Gasteiger partial charge on any atom is -0.496 e. The average molecular weight is 207 g/mol. The zero-order valence-electron chi connectivity index (χ0n) is 10.4. The highest BCUT2D eigenvalue weighted by Crippen LogP contribution is 2.25. The van der Waals surface area contributed by atoms with Crippen LogP contribution in [0.1, 0.15) is 37.1 Å². The number of nitrogens with zero attached hydrogens (tertiary/aromatic N) is 1. The summed E-state index contributed by atoms with van der Waals surface area (Å²) < 4.78 is 5.39. The van der Waals surface area contributed by atoms with E-state index in [1.807, 2.05) is 13.1 Å². The Kier molecular flexibility index (Phi) is 4.13. The fourth-order valence-corrected chi connectivity index (χ4v) is 1.75. The molecule has 0 saturated carbocycles. The molecule has 1 aromatic heterocycles. The Bertz CT molecular complexity index is 334. The molecule has 1 unspecified atom stereocenters. The Morgan fingerprint density at radius 1 is 1.40 bits per heavy atom. The van der Waals surface area contributed by atoms with Crippen molar-refractivity contribution >= 4 is 0 Å². The Balaban J connectivity index is 2.99. The number of aryl methyl sites for hydroxylation is 1. The molecule has 15 heavy (non-hydrogen) atoms. The molecule has 0 saturated heterocycles. The van der Waals surface area contributed by atoms with E-state index in [1.54, 1.807) is 7.11 Å². The van der Waals surface area contributed by atoms with Gasteiger partial charge >= 0.3 is 0 Å². The fraction of sp³-hybridized carbons (Fsp3) is 0.615. The summed E-state index contributed by atoms with van der Waals surface area (Å²) in [7, 11) is 1.72. The largest absolute Gasteiger partial charge is 0.496 e. The lowest BCUT2D eigenvalue weighted by Crippen LogP contribution is -2.05. The molecular weight excluding hydrogens is 186 g/mol. The normalized spacial score (nSPS) is 12.6. The Morgan fingerprint density at radius 2 is 2.07 bits per heavy atom. The molecule has 0 fully saturated rings. The second kappa shape index (κ2) is 5.15. The summed E-state index contributed by atoms with van der Waals surface area (Å²) in [5.74, 6) is 1.67. The molecule has 0 aromatic carbocycles. The van der Waals surface area contributed by atoms with Crippen molar-refractivity contribution in [2.75, 3.05) is 7.11 Å². The molecule has 0 aliphatic heterocycles.